The standard InChI is InChI=1S/C28H21F3N2O2/c1-19-7-5-12-23(13-19)35-18-21-10-6-11-22(14-21)26-15-25(28(29,30)31)24(16-32)27(34)33(26)17-20-8-3-2-4-9-20/h2-15H,17-18H2,1H3. The van der Waals surface area contributed by atoms with Crippen molar-refractivity contribution in [3.63, 3.8) is 0 Å². The van der Waals surface area contributed by atoms with Crippen LogP contribution in [0.25, 0.3) is 11.3 Å². The number of nitriles is 1. The van der Waals surface area contributed by atoms with Crippen molar-refractivity contribution in [2.75, 3.05) is 0 Å². The molecule has 176 valence electrons. The fourth-order valence-corrected chi connectivity index (χ4v) is 3.83. The Hall–Kier alpha value is -4.31. The van der Waals surface area contributed by atoms with Gasteiger partial charge in [0.05, 0.1) is 17.8 Å². The monoisotopic (exact) mass is 474 g/mol. The summed E-state index contributed by atoms with van der Waals surface area (Å²) in [6, 6.07) is 25.6. The molecule has 0 spiro atoms. The van der Waals surface area contributed by atoms with Crippen molar-refractivity contribution in [1.82, 2.24) is 4.57 Å². The fraction of sp³-hybridized carbons (Fsp3) is 0.143. The Bertz CT molecular complexity index is 1450. The number of benzene rings is 3. The van der Waals surface area contributed by atoms with E-state index in [1.165, 1.54) is 10.6 Å². The summed E-state index contributed by atoms with van der Waals surface area (Å²) >= 11 is 0. The molecule has 1 heterocycles. The van der Waals surface area contributed by atoms with Crippen molar-refractivity contribution in [3.05, 3.63) is 123 Å². The second kappa shape index (κ2) is 9.90. The highest BCUT2D eigenvalue weighted by atomic mass is 19.4. The molecule has 0 amide bonds. The Labute approximate surface area is 200 Å². The summed E-state index contributed by atoms with van der Waals surface area (Å²) in [4.78, 5) is 13.1. The molecule has 0 aliphatic heterocycles. The van der Waals surface area contributed by atoms with Gasteiger partial charge in [-0.15, -0.1) is 0 Å². The van der Waals surface area contributed by atoms with Crippen LogP contribution >= 0.6 is 0 Å². The van der Waals surface area contributed by atoms with Crippen molar-refractivity contribution < 1.29 is 17.9 Å². The highest BCUT2D eigenvalue weighted by Gasteiger charge is 2.36. The number of aromatic nitrogens is 1. The van der Waals surface area contributed by atoms with Gasteiger partial charge < -0.3 is 9.30 Å². The fourth-order valence-electron chi connectivity index (χ4n) is 3.83. The molecule has 4 rings (SSSR count). The lowest BCUT2D eigenvalue weighted by Crippen LogP contribution is -2.28. The van der Waals surface area contributed by atoms with Gasteiger partial charge in [0.1, 0.15) is 24.0 Å². The lowest BCUT2D eigenvalue weighted by atomic mass is 10.0. The summed E-state index contributed by atoms with van der Waals surface area (Å²) in [5, 5.41) is 9.38. The van der Waals surface area contributed by atoms with Gasteiger partial charge >= 0.3 is 6.18 Å². The highest BCUT2D eigenvalue weighted by molar-refractivity contribution is 5.63. The van der Waals surface area contributed by atoms with E-state index in [-0.39, 0.29) is 18.8 Å². The largest absolute Gasteiger partial charge is 0.489 e. The third-order valence-electron chi connectivity index (χ3n) is 5.52. The van der Waals surface area contributed by atoms with E-state index in [9.17, 15) is 23.2 Å². The van der Waals surface area contributed by atoms with Crippen molar-refractivity contribution in [3.8, 4) is 23.1 Å². The molecule has 1 aromatic heterocycles. The van der Waals surface area contributed by atoms with Gasteiger partial charge in [-0.3, -0.25) is 4.79 Å². The summed E-state index contributed by atoms with van der Waals surface area (Å²) in [5.41, 5.74) is -0.178. The van der Waals surface area contributed by atoms with Crippen LogP contribution in [-0.4, -0.2) is 4.57 Å². The zero-order chi connectivity index (χ0) is 25.0. The molecule has 0 saturated heterocycles. The van der Waals surface area contributed by atoms with Gasteiger partial charge in [0.2, 0.25) is 0 Å². The second-order valence-corrected chi connectivity index (χ2v) is 8.11. The first-order chi connectivity index (χ1) is 16.8. The SMILES string of the molecule is Cc1cccc(OCc2cccc(-c3cc(C(F)(F)F)c(C#N)c(=O)n3Cc3ccccc3)c2)c1. The molecular formula is C28H21F3N2O2. The Balaban J connectivity index is 1.80. The molecule has 0 aliphatic rings. The predicted molar refractivity (Wildman–Crippen MR) is 127 cm³/mol. The number of alkyl halides is 3. The van der Waals surface area contributed by atoms with E-state index in [1.807, 2.05) is 31.2 Å². The topological polar surface area (TPSA) is 55.0 Å². The van der Waals surface area contributed by atoms with Gasteiger partial charge in [0.25, 0.3) is 5.56 Å². The lowest BCUT2D eigenvalue weighted by Gasteiger charge is -2.18. The number of ether oxygens (including phenoxy) is 1. The molecule has 0 unspecified atom stereocenters. The number of halogens is 3. The van der Waals surface area contributed by atoms with Crippen LogP contribution in [0.3, 0.4) is 0 Å². The molecule has 0 radical (unpaired) electrons. The summed E-state index contributed by atoms with van der Waals surface area (Å²) in [6.07, 6.45) is -4.85. The highest BCUT2D eigenvalue weighted by Crippen LogP contribution is 2.34. The Morgan fingerprint density at radius 2 is 1.63 bits per heavy atom. The molecule has 3 aromatic carbocycles. The molecule has 0 fully saturated rings. The Kier molecular flexibility index (Phi) is 6.74. The van der Waals surface area contributed by atoms with Crippen LogP contribution in [0.15, 0.2) is 89.7 Å². The summed E-state index contributed by atoms with van der Waals surface area (Å²) < 4.78 is 48.4. The van der Waals surface area contributed by atoms with Gasteiger partial charge in [0, 0.05) is 0 Å². The maximum absolute atomic E-state index is 13.8. The Morgan fingerprint density at radius 1 is 0.914 bits per heavy atom. The average molecular weight is 474 g/mol. The molecule has 4 nitrogen and oxygen atoms in total. The number of hydrogen-bond donors (Lipinski definition) is 0. The minimum absolute atomic E-state index is 0.0197. The summed E-state index contributed by atoms with van der Waals surface area (Å²) in [6.45, 7) is 2.16. The van der Waals surface area contributed by atoms with Crippen LogP contribution in [0, 0.1) is 18.3 Å². The summed E-state index contributed by atoms with van der Waals surface area (Å²) in [7, 11) is 0. The van der Waals surface area contributed by atoms with E-state index in [1.54, 1.807) is 54.6 Å². The number of hydrogen-bond acceptors (Lipinski definition) is 3. The van der Waals surface area contributed by atoms with Crippen molar-refractivity contribution in [1.29, 1.82) is 5.26 Å². The third kappa shape index (κ3) is 5.44. The number of nitrogens with zero attached hydrogens (tertiary/aromatic N) is 2. The van der Waals surface area contributed by atoms with E-state index in [0.29, 0.717) is 11.3 Å². The van der Waals surface area contributed by atoms with E-state index >= 15 is 0 Å². The average Bonchev–Trinajstić information content (AvgIpc) is 2.84. The molecule has 4 aromatic rings. The second-order valence-electron chi connectivity index (χ2n) is 8.11. The van der Waals surface area contributed by atoms with E-state index in [2.05, 4.69) is 0 Å². The molecular weight excluding hydrogens is 453 g/mol. The number of aryl methyl sites for hydroxylation is 1. The molecule has 35 heavy (non-hydrogen) atoms. The molecule has 0 atom stereocenters. The van der Waals surface area contributed by atoms with Crippen LogP contribution in [0.4, 0.5) is 13.2 Å². The quantitative estimate of drug-likeness (QED) is 0.328. The van der Waals surface area contributed by atoms with Gasteiger partial charge in [-0.2, -0.15) is 18.4 Å². The van der Waals surface area contributed by atoms with E-state index < -0.39 is 22.9 Å². The van der Waals surface area contributed by atoms with Crippen LogP contribution < -0.4 is 10.3 Å². The number of pyridine rings is 1. The Morgan fingerprint density at radius 3 is 2.31 bits per heavy atom. The minimum Gasteiger partial charge on any atom is -0.489 e. The zero-order valence-electron chi connectivity index (χ0n) is 18.8. The summed E-state index contributed by atoms with van der Waals surface area (Å²) in [5.74, 6) is 0.675. The van der Waals surface area contributed by atoms with Gasteiger partial charge in [-0.25, -0.2) is 0 Å². The van der Waals surface area contributed by atoms with Gasteiger partial charge in [0.15, 0.2) is 0 Å². The molecule has 0 aliphatic carbocycles. The van der Waals surface area contributed by atoms with E-state index in [0.717, 1.165) is 22.8 Å². The maximum atomic E-state index is 13.8. The first kappa shape index (κ1) is 23.8. The smallest absolute Gasteiger partial charge is 0.417 e. The van der Waals surface area contributed by atoms with E-state index in [4.69, 9.17) is 4.74 Å². The minimum atomic E-state index is -4.85. The molecule has 7 heteroatoms. The van der Waals surface area contributed by atoms with Gasteiger partial charge in [-0.1, -0.05) is 60.7 Å². The number of rotatable bonds is 6. The predicted octanol–water partition coefficient (Wildman–Crippen LogP) is 6.34. The maximum Gasteiger partial charge on any atom is 0.417 e. The van der Waals surface area contributed by atoms with Crippen molar-refractivity contribution >= 4 is 0 Å². The van der Waals surface area contributed by atoms with Crippen LogP contribution in [0.2, 0.25) is 0 Å². The van der Waals surface area contributed by atoms with Gasteiger partial charge in [-0.05, 0) is 53.4 Å². The molecule has 0 saturated carbocycles. The normalized spacial score (nSPS) is 11.2. The lowest BCUT2D eigenvalue weighted by molar-refractivity contribution is -0.137. The third-order valence-corrected chi connectivity index (χ3v) is 5.52. The van der Waals surface area contributed by atoms with Crippen molar-refractivity contribution in [2.24, 2.45) is 0 Å². The van der Waals surface area contributed by atoms with Crippen LogP contribution in [0.1, 0.15) is 27.8 Å². The first-order valence-corrected chi connectivity index (χ1v) is 10.8. The first-order valence-electron chi connectivity index (χ1n) is 10.8. The zero-order valence-corrected chi connectivity index (χ0v) is 18.8. The van der Waals surface area contributed by atoms with Crippen molar-refractivity contribution in [2.45, 2.75) is 26.3 Å². The van der Waals surface area contributed by atoms with Crippen LogP contribution in [0.5, 0.6) is 5.75 Å². The molecule has 0 N–H and O–H groups in total. The van der Waals surface area contributed by atoms with Crippen LogP contribution in [-0.2, 0) is 19.3 Å². The molecule has 0 bridgehead atoms.